The Balaban J connectivity index is 2.03. The van der Waals surface area contributed by atoms with Gasteiger partial charge in [-0.15, -0.1) is 0 Å². The first kappa shape index (κ1) is 10.1. The van der Waals surface area contributed by atoms with Gasteiger partial charge in [-0.05, 0) is 12.8 Å². The summed E-state index contributed by atoms with van der Waals surface area (Å²) in [5, 5.41) is 0. The van der Waals surface area contributed by atoms with Gasteiger partial charge in [0.2, 0.25) is 0 Å². The largest absolute Gasteiger partial charge is 0.490 e. The Morgan fingerprint density at radius 3 is 3.15 bits per heavy atom. The van der Waals surface area contributed by atoms with Crippen molar-refractivity contribution in [1.29, 1.82) is 0 Å². The monoisotopic (exact) mass is 186 g/mol. The molecule has 0 amide bonds. The first-order valence-electron chi connectivity index (χ1n) is 4.32. The second kappa shape index (κ2) is 5.59. The molecule has 74 valence electrons. The summed E-state index contributed by atoms with van der Waals surface area (Å²) in [5.74, 6) is -0.379. The lowest BCUT2D eigenvalue weighted by Crippen LogP contribution is -2.20. The first-order valence-corrected chi connectivity index (χ1v) is 4.32. The lowest BCUT2D eigenvalue weighted by atomic mass is 10.2. The highest BCUT2D eigenvalue weighted by atomic mass is 16.6. The smallest absolute Gasteiger partial charge is 0.344 e. The van der Waals surface area contributed by atoms with Crippen molar-refractivity contribution >= 4 is 5.97 Å². The molecule has 1 rings (SSSR count). The topological polar surface area (TPSA) is 44.8 Å². The van der Waals surface area contributed by atoms with Gasteiger partial charge < -0.3 is 14.2 Å². The third-order valence-corrected chi connectivity index (χ3v) is 1.77. The lowest BCUT2D eigenvalue weighted by molar-refractivity contribution is -0.150. The predicted octanol–water partition coefficient (Wildman–Crippen LogP) is 0.869. The number of esters is 1. The number of hydrogen-bond donors (Lipinski definition) is 0. The number of hydrogen-bond acceptors (Lipinski definition) is 4. The summed E-state index contributed by atoms with van der Waals surface area (Å²) in [5.41, 5.74) is 0. The second-order valence-electron chi connectivity index (χ2n) is 2.80. The van der Waals surface area contributed by atoms with E-state index in [0.717, 1.165) is 19.4 Å². The minimum atomic E-state index is -0.379. The summed E-state index contributed by atoms with van der Waals surface area (Å²) in [6.07, 6.45) is 3.31. The summed E-state index contributed by atoms with van der Waals surface area (Å²) in [4.78, 5) is 10.9. The molecule has 1 heterocycles. The standard InChI is InChI=1S/C9H14O4/c1-2-11-7-9(10)13-6-8-4-3-5-12-8/h2,8H,1,3-7H2. The van der Waals surface area contributed by atoms with E-state index in [-0.39, 0.29) is 18.7 Å². The van der Waals surface area contributed by atoms with Gasteiger partial charge in [-0.3, -0.25) is 0 Å². The maximum atomic E-state index is 10.9. The summed E-state index contributed by atoms with van der Waals surface area (Å²) >= 11 is 0. The van der Waals surface area contributed by atoms with Crippen LogP contribution in [0.1, 0.15) is 12.8 Å². The molecule has 1 aliphatic rings. The second-order valence-corrected chi connectivity index (χ2v) is 2.80. The third kappa shape index (κ3) is 3.94. The molecular formula is C9H14O4. The number of ether oxygens (including phenoxy) is 3. The molecule has 0 aliphatic carbocycles. The SMILES string of the molecule is C=COCC(=O)OCC1CCCO1. The third-order valence-electron chi connectivity index (χ3n) is 1.77. The summed E-state index contributed by atoms with van der Waals surface area (Å²) < 4.78 is 14.8. The average Bonchev–Trinajstić information content (AvgIpc) is 2.64. The van der Waals surface area contributed by atoms with Crippen LogP contribution in [-0.4, -0.2) is 31.9 Å². The summed E-state index contributed by atoms with van der Waals surface area (Å²) in [6, 6.07) is 0. The van der Waals surface area contributed by atoms with Crippen LogP contribution >= 0.6 is 0 Å². The van der Waals surface area contributed by atoms with Crippen LogP contribution < -0.4 is 0 Å². The first-order chi connectivity index (χ1) is 6.33. The van der Waals surface area contributed by atoms with E-state index in [1.165, 1.54) is 6.26 Å². The molecule has 13 heavy (non-hydrogen) atoms. The van der Waals surface area contributed by atoms with Crippen molar-refractivity contribution < 1.29 is 19.0 Å². The van der Waals surface area contributed by atoms with E-state index in [1.54, 1.807) is 0 Å². The highest BCUT2D eigenvalue weighted by Gasteiger charge is 2.17. The van der Waals surface area contributed by atoms with Gasteiger partial charge in [-0.2, -0.15) is 0 Å². The molecule has 1 atom stereocenters. The Hall–Kier alpha value is -1.03. The van der Waals surface area contributed by atoms with Crippen LogP contribution in [0.25, 0.3) is 0 Å². The molecule has 0 N–H and O–H groups in total. The van der Waals surface area contributed by atoms with Gasteiger partial charge >= 0.3 is 5.97 Å². The quantitative estimate of drug-likeness (QED) is 0.472. The van der Waals surface area contributed by atoms with Gasteiger partial charge in [0.05, 0.1) is 12.4 Å². The van der Waals surface area contributed by atoms with Crippen molar-refractivity contribution in [3.05, 3.63) is 12.8 Å². The van der Waals surface area contributed by atoms with Crippen LogP contribution in [-0.2, 0) is 19.0 Å². The normalized spacial score (nSPS) is 21.1. The van der Waals surface area contributed by atoms with E-state index in [1.807, 2.05) is 0 Å². The van der Waals surface area contributed by atoms with E-state index in [9.17, 15) is 4.79 Å². The van der Waals surface area contributed by atoms with Crippen LogP contribution in [0.2, 0.25) is 0 Å². The van der Waals surface area contributed by atoms with Gasteiger partial charge in [0, 0.05) is 6.61 Å². The Morgan fingerprint density at radius 2 is 2.54 bits per heavy atom. The molecule has 1 fully saturated rings. The molecule has 1 aliphatic heterocycles. The molecule has 0 aromatic carbocycles. The molecule has 1 unspecified atom stereocenters. The molecule has 4 nitrogen and oxygen atoms in total. The van der Waals surface area contributed by atoms with Crippen LogP contribution in [0.4, 0.5) is 0 Å². The van der Waals surface area contributed by atoms with E-state index in [2.05, 4.69) is 11.3 Å². The minimum absolute atomic E-state index is 0.0732. The van der Waals surface area contributed by atoms with E-state index >= 15 is 0 Å². The highest BCUT2D eigenvalue weighted by molar-refractivity contribution is 5.70. The van der Waals surface area contributed by atoms with Crippen LogP contribution in [0.15, 0.2) is 12.8 Å². The Bertz CT molecular complexity index is 172. The fourth-order valence-corrected chi connectivity index (χ4v) is 1.13. The summed E-state index contributed by atoms with van der Waals surface area (Å²) in [6.45, 7) is 4.34. The number of carbonyl (C=O) groups excluding carboxylic acids is 1. The molecular weight excluding hydrogens is 172 g/mol. The van der Waals surface area contributed by atoms with Crippen molar-refractivity contribution in [2.24, 2.45) is 0 Å². The van der Waals surface area contributed by atoms with Gasteiger partial charge in [0.1, 0.15) is 6.61 Å². The van der Waals surface area contributed by atoms with Crippen molar-refractivity contribution in [2.75, 3.05) is 19.8 Å². The average molecular weight is 186 g/mol. The molecule has 0 spiro atoms. The summed E-state index contributed by atoms with van der Waals surface area (Å²) in [7, 11) is 0. The molecule has 0 saturated carbocycles. The molecule has 0 aromatic rings. The predicted molar refractivity (Wildman–Crippen MR) is 46.1 cm³/mol. The molecule has 0 aromatic heterocycles. The zero-order valence-electron chi connectivity index (χ0n) is 7.53. The van der Waals surface area contributed by atoms with Crippen molar-refractivity contribution in [3.63, 3.8) is 0 Å². The minimum Gasteiger partial charge on any atom is -0.490 e. The van der Waals surface area contributed by atoms with E-state index in [0.29, 0.717) is 6.61 Å². The van der Waals surface area contributed by atoms with E-state index < -0.39 is 0 Å². The molecule has 0 radical (unpaired) electrons. The zero-order chi connectivity index (χ0) is 9.52. The molecule has 0 bridgehead atoms. The molecule has 4 heteroatoms. The van der Waals surface area contributed by atoms with Gasteiger partial charge in [0.15, 0.2) is 6.61 Å². The highest BCUT2D eigenvalue weighted by Crippen LogP contribution is 2.11. The lowest BCUT2D eigenvalue weighted by Gasteiger charge is -2.09. The van der Waals surface area contributed by atoms with Crippen LogP contribution in [0.5, 0.6) is 0 Å². The number of rotatable bonds is 5. The van der Waals surface area contributed by atoms with Gasteiger partial charge in [-0.25, -0.2) is 4.79 Å². The maximum Gasteiger partial charge on any atom is 0.344 e. The fourth-order valence-electron chi connectivity index (χ4n) is 1.13. The number of carbonyl (C=O) groups is 1. The maximum absolute atomic E-state index is 10.9. The zero-order valence-corrected chi connectivity index (χ0v) is 7.53. The van der Waals surface area contributed by atoms with Gasteiger partial charge in [0.25, 0.3) is 0 Å². The van der Waals surface area contributed by atoms with Crippen LogP contribution in [0.3, 0.4) is 0 Å². The van der Waals surface area contributed by atoms with Gasteiger partial charge in [-0.1, -0.05) is 6.58 Å². The van der Waals surface area contributed by atoms with Crippen LogP contribution in [0, 0.1) is 0 Å². The van der Waals surface area contributed by atoms with Crippen molar-refractivity contribution in [3.8, 4) is 0 Å². The Kier molecular flexibility index (Phi) is 4.32. The van der Waals surface area contributed by atoms with E-state index in [4.69, 9.17) is 9.47 Å². The fraction of sp³-hybridized carbons (Fsp3) is 0.667. The molecule has 1 saturated heterocycles. The van der Waals surface area contributed by atoms with Crippen molar-refractivity contribution in [1.82, 2.24) is 0 Å². The van der Waals surface area contributed by atoms with Crippen molar-refractivity contribution in [2.45, 2.75) is 18.9 Å². The Labute approximate surface area is 77.5 Å². The Morgan fingerprint density at radius 1 is 1.69 bits per heavy atom.